The molecule has 0 rings (SSSR count). The SMILES string of the molecule is OC(COCCCC(F)(C(F)(F)F)C(F)(F)F)COCCCC(F)(C(F)(F)F)C(F)(F)F. The van der Waals surface area contributed by atoms with E-state index in [0.717, 1.165) is 0 Å². The summed E-state index contributed by atoms with van der Waals surface area (Å²) in [7, 11) is 0. The fraction of sp³-hybridized carbons (Fsp3) is 1.00. The zero-order chi connectivity index (χ0) is 25.6. The molecule has 1 N–H and O–H groups in total. The van der Waals surface area contributed by atoms with Crippen molar-refractivity contribution in [2.24, 2.45) is 0 Å². The molecular formula is C15H18F14O3. The molecule has 0 bridgehead atoms. The van der Waals surface area contributed by atoms with Crippen molar-refractivity contribution in [3.05, 3.63) is 0 Å². The number of aliphatic hydroxyl groups is 1. The predicted octanol–water partition coefficient (Wildman–Crippen LogP) is 5.61. The maximum atomic E-state index is 13.3. The second-order valence-electron chi connectivity index (χ2n) is 6.60. The van der Waals surface area contributed by atoms with Crippen LogP contribution in [0.5, 0.6) is 0 Å². The molecule has 0 aromatic rings. The molecule has 0 fully saturated rings. The van der Waals surface area contributed by atoms with Crippen LogP contribution in [0.2, 0.25) is 0 Å². The molecule has 0 amide bonds. The van der Waals surface area contributed by atoms with Gasteiger partial charge in [-0.2, -0.15) is 52.7 Å². The number of ether oxygens (including phenoxy) is 2. The van der Waals surface area contributed by atoms with E-state index in [2.05, 4.69) is 9.47 Å². The maximum Gasteiger partial charge on any atom is 0.431 e. The first-order valence-corrected chi connectivity index (χ1v) is 8.58. The molecule has 0 aromatic carbocycles. The van der Waals surface area contributed by atoms with Crippen LogP contribution in [-0.4, -0.2) is 73.7 Å². The first kappa shape index (κ1) is 30.9. The number of aliphatic hydroxyl groups excluding tert-OH is 1. The van der Waals surface area contributed by atoms with Crippen LogP contribution in [0.15, 0.2) is 0 Å². The first-order valence-electron chi connectivity index (χ1n) is 8.58. The van der Waals surface area contributed by atoms with Crippen molar-refractivity contribution < 1.29 is 76.0 Å². The zero-order valence-electron chi connectivity index (χ0n) is 15.8. The molecule has 0 spiro atoms. The molecule has 0 saturated heterocycles. The van der Waals surface area contributed by atoms with Gasteiger partial charge in [0.2, 0.25) is 0 Å². The van der Waals surface area contributed by atoms with Gasteiger partial charge in [-0.25, -0.2) is 8.78 Å². The van der Waals surface area contributed by atoms with Gasteiger partial charge in [-0.15, -0.1) is 0 Å². The van der Waals surface area contributed by atoms with Gasteiger partial charge in [0.15, 0.2) is 0 Å². The molecule has 0 unspecified atom stereocenters. The number of hydrogen-bond donors (Lipinski definition) is 1. The van der Waals surface area contributed by atoms with E-state index in [1.807, 2.05) is 0 Å². The minimum absolute atomic E-state index is 0.768. The zero-order valence-corrected chi connectivity index (χ0v) is 15.8. The van der Waals surface area contributed by atoms with Gasteiger partial charge in [-0.05, 0) is 12.8 Å². The average Bonchev–Trinajstić information content (AvgIpc) is 2.56. The van der Waals surface area contributed by atoms with Crippen LogP contribution < -0.4 is 0 Å². The Morgan fingerprint density at radius 1 is 0.500 bits per heavy atom. The van der Waals surface area contributed by atoms with Gasteiger partial charge in [0, 0.05) is 26.1 Å². The standard InChI is InChI=1S/C15H18F14O3/c16-10(12(18,19)20,13(21,22)23)3-1-5-31-7-9(30)8-32-6-2-4-11(17,14(24,25)26)15(27,28)29/h9,30H,1-8H2. The quantitative estimate of drug-likeness (QED) is 0.273. The molecule has 0 radical (unpaired) electrons. The summed E-state index contributed by atoms with van der Waals surface area (Å²) >= 11 is 0. The van der Waals surface area contributed by atoms with Crippen molar-refractivity contribution in [1.29, 1.82) is 0 Å². The molecule has 3 nitrogen and oxygen atoms in total. The average molecular weight is 512 g/mol. The fourth-order valence-corrected chi connectivity index (χ4v) is 2.21. The molecule has 0 atom stereocenters. The Bertz CT molecular complexity index is 476. The monoisotopic (exact) mass is 512 g/mol. The first-order chi connectivity index (χ1) is 14.1. The molecular weight excluding hydrogens is 494 g/mol. The van der Waals surface area contributed by atoms with Crippen LogP contribution in [0.1, 0.15) is 25.7 Å². The van der Waals surface area contributed by atoms with E-state index >= 15 is 0 Å². The van der Waals surface area contributed by atoms with E-state index in [9.17, 15) is 66.6 Å². The van der Waals surface area contributed by atoms with Crippen LogP contribution in [0.3, 0.4) is 0 Å². The van der Waals surface area contributed by atoms with E-state index in [4.69, 9.17) is 0 Å². The lowest BCUT2D eigenvalue weighted by Crippen LogP contribution is -2.53. The molecule has 0 saturated carbocycles. The van der Waals surface area contributed by atoms with Gasteiger partial charge in [-0.1, -0.05) is 0 Å². The summed E-state index contributed by atoms with van der Waals surface area (Å²) in [6, 6.07) is 0. The summed E-state index contributed by atoms with van der Waals surface area (Å²) in [5.41, 5.74) is -10.9. The van der Waals surface area contributed by atoms with Gasteiger partial charge >= 0.3 is 24.7 Å². The highest BCUT2D eigenvalue weighted by atomic mass is 19.4. The van der Waals surface area contributed by atoms with Crippen LogP contribution in [0, 0.1) is 0 Å². The summed E-state index contributed by atoms with van der Waals surface area (Å²) in [6.45, 7) is -3.24. The lowest BCUT2D eigenvalue weighted by atomic mass is 9.98. The van der Waals surface area contributed by atoms with Crippen LogP contribution in [0.4, 0.5) is 61.5 Å². The number of rotatable bonds is 12. The Balaban J connectivity index is 4.27. The van der Waals surface area contributed by atoms with Gasteiger partial charge < -0.3 is 14.6 Å². The highest BCUT2D eigenvalue weighted by Gasteiger charge is 2.72. The molecule has 194 valence electrons. The number of hydrogen-bond acceptors (Lipinski definition) is 3. The lowest BCUT2D eigenvalue weighted by molar-refractivity contribution is -0.344. The third-order valence-corrected chi connectivity index (χ3v) is 4.04. The number of halogens is 14. The third kappa shape index (κ3) is 8.04. The molecule has 0 heterocycles. The maximum absolute atomic E-state index is 13.3. The van der Waals surface area contributed by atoms with Crippen molar-refractivity contribution in [3.63, 3.8) is 0 Å². The van der Waals surface area contributed by atoms with E-state index in [1.165, 1.54) is 0 Å². The topological polar surface area (TPSA) is 38.7 Å². The van der Waals surface area contributed by atoms with Crippen LogP contribution in [-0.2, 0) is 9.47 Å². The minimum Gasteiger partial charge on any atom is -0.388 e. The minimum atomic E-state index is -6.23. The van der Waals surface area contributed by atoms with Gasteiger partial charge in [0.25, 0.3) is 11.3 Å². The summed E-state index contributed by atoms with van der Waals surface area (Å²) in [6.07, 6.45) is -32.7. The Labute approximate surface area is 171 Å². The second-order valence-corrected chi connectivity index (χ2v) is 6.60. The Morgan fingerprint density at radius 3 is 0.969 bits per heavy atom. The van der Waals surface area contributed by atoms with Crippen molar-refractivity contribution >= 4 is 0 Å². The summed E-state index contributed by atoms with van der Waals surface area (Å²) in [5.74, 6) is 0. The summed E-state index contributed by atoms with van der Waals surface area (Å²) < 4.78 is 183. The van der Waals surface area contributed by atoms with Gasteiger partial charge in [0.1, 0.15) is 6.10 Å². The fourth-order valence-electron chi connectivity index (χ4n) is 2.21. The smallest absolute Gasteiger partial charge is 0.388 e. The number of alkyl halides is 14. The highest BCUT2D eigenvalue weighted by Crippen LogP contribution is 2.49. The Hall–Kier alpha value is -1.10. The summed E-state index contributed by atoms with van der Waals surface area (Å²) in [4.78, 5) is 0. The van der Waals surface area contributed by atoms with E-state index in [-0.39, 0.29) is 0 Å². The predicted molar refractivity (Wildman–Crippen MR) is 78.0 cm³/mol. The van der Waals surface area contributed by atoms with Crippen molar-refractivity contribution in [2.75, 3.05) is 26.4 Å². The molecule has 0 aliphatic carbocycles. The van der Waals surface area contributed by atoms with Crippen molar-refractivity contribution in [1.82, 2.24) is 0 Å². The van der Waals surface area contributed by atoms with E-state index in [0.29, 0.717) is 0 Å². The molecule has 17 heteroatoms. The van der Waals surface area contributed by atoms with E-state index in [1.54, 1.807) is 0 Å². The lowest BCUT2D eigenvalue weighted by Gasteiger charge is -2.30. The summed E-state index contributed by atoms with van der Waals surface area (Å²) in [5, 5.41) is 9.37. The van der Waals surface area contributed by atoms with Gasteiger partial charge in [0.05, 0.1) is 13.2 Å². The Morgan fingerprint density at radius 2 is 0.750 bits per heavy atom. The molecule has 0 aliphatic rings. The van der Waals surface area contributed by atoms with E-state index < -0.39 is 94.3 Å². The second kappa shape index (κ2) is 10.9. The molecule has 0 aromatic heterocycles. The largest absolute Gasteiger partial charge is 0.431 e. The molecule has 0 aliphatic heterocycles. The van der Waals surface area contributed by atoms with Crippen LogP contribution >= 0.6 is 0 Å². The van der Waals surface area contributed by atoms with Crippen molar-refractivity contribution in [3.8, 4) is 0 Å². The van der Waals surface area contributed by atoms with Crippen LogP contribution in [0.25, 0.3) is 0 Å². The third-order valence-electron chi connectivity index (χ3n) is 4.04. The van der Waals surface area contributed by atoms with Gasteiger partial charge in [-0.3, -0.25) is 0 Å². The highest BCUT2D eigenvalue weighted by molar-refractivity contribution is 4.95. The normalized spacial score (nSPS) is 15.0. The molecule has 32 heavy (non-hydrogen) atoms. The Kier molecular flexibility index (Phi) is 10.5. The van der Waals surface area contributed by atoms with Crippen molar-refractivity contribution in [2.45, 2.75) is 67.8 Å².